The largest absolute Gasteiger partial charge is 0.496 e. The van der Waals surface area contributed by atoms with Crippen LogP contribution in [0.5, 0.6) is 5.75 Å². The summed E-state index contributed by atoms with van der Waals surface area (Å²) in [5.41, 5.74) is 2.27. The molecular weight excluding hydrogens is 243 g/mol. The molecule has 0 aromatic heterocycles. The van der Waals surface area contributed by atoms with Crippen LogP contribution in [-0.4, -0.2) is 7.11 Å². The SMILES string of the molecule is COc1ccccc1C1OC1(P)c1ccccc1. The highest BCUT2D eigenvalue weighted by molar-refractivity contribution is 7.18. The smallest absolute Gasteiger partial charge is 0.137 e. The maximum atomic E-state index is 5.90. The van der Waals surface area contributed by atoms with Gasteiger partial charge in [-0.05, 0) is 11.6 Å². The average Bonchev–Trinajstić information content (AvgIpc) is 3.13. The number of rotatable bonds is 3. The second-order valence-corrected chi connectivity index (χ2v) is 5.26. The van der Waals surface area contributed by atoms with Gasteiger partial charge in [-0.25, -0.2) is 0 Å². The third-order valence-corrected chi connectivity index (χ3v) is 4.06. The predicted molar refractivity (Wildman–Crippen MR) is 74.7 cm³/mol. The van der Waals surface area contributed by atoms with Crippen LogP contribution in [0.4, 0.5) is 0 Å². The minimum Gasteiger partial charge on any atom is -0.496 e. The molecule has 92 valence electrons. The van der Waals surface area contributed by atoms with Gasteiger partial charge in [0.05, 0.1) is 7.11 Å². The molecule has 1 heterocycles. The lowest BCUT2D eigenvalue weighted by Crippen LogP contribution is -2.00. The van der Waals surface area contributed by atoms with E-state index in [-0.39, 0.29) is 11.4 Å². The number of methoxy groups -OCH3 is 1. The minimum absolute atomic E-state index is 0.0426. The standard InChI is InChI=1S/C15H15O2P/c1-16-13-10-6-5-9-12(13)14-15(18,17-14)11-7-3-2-4-8-11/h2-10,14H,18H2,1H3. The molecule has 3 heteroatoms. The van der Waals surface area contributed by atoms with Crippen molar-refractivity contribution in [2.24, 2.45) is 0 Å². The number of para-hydroxylation sites is 1. The van der Waals surface area contributed by atoms with Crippen molar-refractivity contribution in [2.45, 2.75) is 11.4 Å². The summed E-state index contributed by atoms with van der Waals surface area (Å²) in [6.45, 7) is 0. The highest BCUT2D eigenvalue weighted by atomic mass is 31.0. The van der Waals surface area contributed by atoms with Crippen LogP contribution in [0.15, 0.2) is 54.6 Å². The molecule has 1 fully saturated rings. The Balaban J connectivity index is 1.94. The van der Waals surface area contributed by atoms with Crippen LogP contribution in [0.3, 0.4) is 0 Å². The molecule has 0 bridgehead atoms. The first-order valence-electron chi connectivity index (χ1n) is 5.91. The van der Waals surface area contributed by atoms with Crippen LogP contribution >= 0.6 is 9.24 Å². The van der Waals surface area contributed by atoms with Crippen molar-refractivity contribution in [3.8, 4) is 5.75 Å². The van der Waals surface area contributed by atoms with Gasteiger partial charge in [0.1, 0.15) is 17.2 Å². The van der Waals surface area contributed by atoms with Crippen molar-refractivity contribution < 1.29 is 9.47 Å². The first-order chi connectivity index (χ1) is 8.75. The number of hydrogen-bond acceptors (Lipinski definition) is 2. The minimum atomic E-state index is -0.310. The second kappa shape index (κ2) is 4.38. The average molecular weight is 258 g/mol. The Kier molecular flexibility index (Phi) is 2.85. The third kappa shape index (κ3) is 1.82. The van der Waals surface area contributed by atoms with Crippen LogP contribution in [0.2, 0.25) is 0 Å². The van der Waals surface area contributed by atoms with E-state index < -0.39 is 0 Å². The van der Waals surface area contributed by atoms with Crippen LogP contribution in [0.25, 0.3) is 0 Å². The quantitative estimate of drug-likeness (QED) is 0.621. The molecule has 1 aliphatic rings. The molecule has 0 saturated carbocycles. The summed E-state index contributed by atoms with van der Waals surface area (Å²) in [7, 11) is 4.51. The van der Waals surface area contributed by atoms with E-state index in [1.807, 2.05) is 36.4 Å². The van der Waals surface area contributed by atoms with E-state index in [9.17, 15) is 0 Å². The van der Waals surface area contributed by atoms with E-state index in [0.717, 1.165) is 11.3 Å². The van der Waals surface area contributed by atoms with Gasteiger partial charge in [0.2, 0.25) is 0 Å². The van der Waals surface area contributed by atoms with Crippen molar-refractivity contribution in [3.63, 3.8) is 0 Å². The number of ether oxygens (including phenoxy) is 2. The van der Waals surface area contributed by atoms with Gasteiger partial charge < -0.3 is 9.47 Å². The molecule has 1 aliphatic heterocycles. The molecule has 18 heavy (non-hydrogen) atoms. The Bertz CT molecular complexity index is 555. The molecule has 0 spiro atoms. The third-order valence-electron chi connectivity index (χ3n) is 3.29. The maximum absolute atomic E-state index is 5.90. The van der Waals surface area contributed by atoms with Crippen LogP contribution < -0.4 is 4.74 Å². The van der Waals surface area contributed by atoms with E-state index in [1.165, 1.54) is 5.56 Å². The first-order valence-corrected chi connectivity index (χ1v) is 6.48. The van der Waals surface area contributed by atoms with Gasteiger partial charge in [0.15, 0.2) is 0 Å². The highest BCUT2D eigenvalue weighted by Crippen LogP contribution is 2.62. The Morgan fingerprint density at radius 1 is 1.06 bits per heavy atom. The zero-order valence-corrected chi connectivity index (χ0v) is 11.3. The molecule has 2 aromatic rings. The lowest BCUT2D eigenvalue weighted by Gasteiger charge is -2.09. The zero-order chi connectivity index (χ0) is 12.6. The van der Waals surface area contributed by atoms with Crippen molar-refractivity contribution in [1.82, 2.24) is 0 Å². The zero-order valence-electron chi connectivity index (χ0n) is 10.2. The van der Waals surface area contributed by atoms with Crippen LogP contribution in [-0.2, 0) is 10.1 Å². The van der Waals surface area contributed by atoms with Gasteiger partial charge >= 0.3 is 0 Å². The molecule has 0 radical (unpaired) electrons. The molecule has 1 saturated heterocycles. The number of benzene rings is 2. The fourth-order valence-electron chi connectivity index (χ4n) is 2.26. The Morgan fingerprint density at radius 2 is 1.72 bits per heavy atom. The number of hydrogen-bond donors (Lipinski definition) is 0. The molecule has 2 nitrogen and oxygen atoms in total. The summed E-state index contributed by atoms with van der Waals surface area (Å²) in [6, 6.07) is 18.2. The molecule has 3 unspecified atom stereocenters. The lowest BCUT2D eigenvalue weighted by molar-refractivity contribution is 0.352. The molecule has 3 rings (SSSR count). The molecule has 0 N–H and O–H groups in total. The summed E-state index contributed by atoms with van der Waals surface area (Å²) in [5.74, 6) is 0.878. The maximum Gasteiger partial charge on any atom is 0.137 e. The van der Waals surface area contributed by atoms with Crippen LogP contribution in [0.1, 0.15) is 17.2 Å². The first kappa shape index (κ1) is 11.7. The second-order valence-electron chi connectivity index (χ2n) is 4.40. The van der Waals surface area contributed by atoms with E-state index in [4.69, 9.17) is 9.47 Å². The molecule has 0 amide bonds. The molecule has 2 aromatic carbocycles. The molecular formula is C15H15O2P. The monoisotopic (exact) mass is 258 g/mol. The lowest BCUT2D eigenvalue weighted by atomic mass is 10.0. The van der Waals surface area contributed by atoms with Crippen molar-refractivity contribution in [1.29, 1.82) is 0 Å². The van der Waals surface area contributed by atoms with Crippen LogP contribution in [0, 0.1) is 0 Å². The van der Waals surface area contributed by atoms with Gasteiger partial charge in [-0.3, -0.25) is 0 Å². The van der Waals surface area contributed by atoms with Gasteiger partial charge in [0, 0.05) is 5.56 Å². The summed E-state index contributed by atoms with van der Waals surface area (Å²) >= 11 is 0. The summed E-state index contributed by atoms with van der Waals surface area (Å²) < 4.78 is 11.3. The predicted octanol–water partition coefficient (Wildman–Crippen LogP) is 3.49. The summed E-state index contributed by atoms with van der Waals surface area (Å²) in [5, 5.41) is -0.310. The Labute approximate surface area is 109 Å². The summed E-state index contributed by atoms with van der Waals surface area (Å²) in [6.07, 6.45) is 0.0426. The normalized spacial score (nSPS) is 25.8. The highest BCUT2D eigenvalue weighted by Gasteiger charge is 2.55. The fraction of sp³-hybridized carbons (Fsp3) is 0.200. The van der Waals surface area contributed by atoms with Gasteiger partial charge in [-0.15, -0.1) is 0 Å². The van der Waals surface area contributed by atoms with E-state index in [0.29, 0.717) is 0 Å². The molecule has 0 aliphatic carbocycles. The van der Waals surface area contributed by atoms with Crippen molar-refractivity contribution in [2.75, 3.05) is 7.11 Å². The van der Waals surface area contributed by atoms with E-state index in [1.54, 1.807) is 7.11 Å². The molecule has 3 atom stereocenters. The van der Waals surface area contributed by atoms with Gasteiger partial charge in [-0.2, -0.15) is 0 Å². The van der Waals surface area contributed by atoms with E-state index >= 15 is 0 Å². The topological polar surface area (TPSA) is 21.8 Å². The number of epoxide rings is 1. The van der Waals surface area contributed by atoms with Gasteiger partial charge in [-0.1, -0.05) is 57.8 Å². The van der Waals surface area contributed by atoms with Crippen molar-refractivity contribution in [3.05, 3.63) is 65.7 Å². The Hall–Kier alpha value is -1.37. The van der Waals surface area contributed by atoms with Crippen molar-refractivity contribution >= 4 is 9.24 Å². The Morgan fingerprint density at radius 3 is 2.44 bits per heavy atom. The van der Waals surface area contributed by atoms with E-state index in [2.05, 4.69) is 27.4 Å². The summed E-state index contributed by atoms with van der Waals surface area (Å²) in [4.78, 5) is 0. The van der Waals surface area contributed by atoms with Gasteiger partial charge in [0.25, 0.3) is 0 Å². The fourth-order valence-corrected chi connectivity index (χ4v) is 2.76.